The molecule has 0 saturated carbocycles. The average molecular weight is 396 g/mol. The second-order valence-electron chi connectivity index (χ2n) is 5.18. The summed E-state index contributed by atoms with van der Waals surface area (Å²) in [5, 5.41) is 8.96. The summed E-state index contributed by atoms with van der Waals surface area (Å²) in [5.74, 6) is -1.17. The molecular weight excluding hydrogens is 382 g/mol. The fourth-order valence-electron chi connectivity index (χ4n) is 1.95. The standard InChI is InChI=1S/C14H14Cl2F3N5O/c1-7(20-2)4-22-13(25)9-6-23-24(11(9)14(17,18)19)12-10(16)3-8(15)5-21-12/h3,5-7,20H,4H2,1-2H3,(H,22,25). The van der Waals surface area contributed by atoms with Gasteiger partial charge in [0, 0.05) is 18.8 Å². The Morgan fingerprint density at radius 2 is 2.04 bits per heavy atom. The molecule has 0 aromatic carbocycles. The van der Waals surface area contributed by atoms with Crippen LogP contribution in [0.1, 0.15) is 23.0 Å². The lowest BCUT2D eigenvalue weighted by molar-refractivity contribution is -0.143. The molecule has 0 aliphatic carbocycles. The van der Waals surface area contributed by atoms with Gasteiger partial charge in [-0.25, -0.2) is 9.67 Å². The van der Waals surface area contributed by atoms with E-state index in [-0.39, 0.29) is 28.4 Å². The summed E-state index contributed by atoms with van der Waals surface area (Å²) in [6.07, 6.45) is -2.88. The van der Waals surface area contributed by atoms with Crippen molar-refractivity contribution >= 4 is 29.1 Å². The summed E-state index contributed by atoms with van der Waals surface area (Å²) >= 11 is 11.6. The third kappa shape index (κ3) is 4.42. The number of amides is 1. The van der Waals surface area contributed by atoms with Gasteiger partial charge in [0.1, 0.15) is 0 Å². The van der Waals surface area contributed by atoms with Gasteiger partial charge in [0.25, 0.3) is 5.91 Å². The van der Waals surface area contributed by atoms with Crippen molar-refractivity contribution in [2.24, 2.45) is 0 Å². The largest absolute Gasteiger partial charge is 0.434 e. The maximum Gasteiger partial charge on any atom is 0.434 e. The van der Waals surface area contributed by atoms with Gasteiger partial charge in [0.15, 0.2) is 11.5 Å². The Balaban J connectivity index is 2.47. The Hall–Kier alpha value is -1.84. The Labute approximate surface area is 151 Å². The maximum atomic E-state index is 13.5. The molecule has 0 radical (unpaired) electrons. The number of nitrogens with one attached hydrogen (secondary N) is 2. The molecule has 0 saturated heterocycles. The maximum absolute atomic E-state index is 13.5. The van der Waals surface area contributed by atoms with Crippen LogP contribution in [0.5, 0.6) is 0 Å². The number of pyridine rings is 1. The molecule has 0 aliphatic rings. The summed E-state index contributed by atoms with van der Waals surface area (Å²) < 4.78 is 41.0. The van der Waals surface area contributed by atoms with E-state index in [1.807, 2.05) is 0 Å². The molecule has 136 valence electrons. The number of carbonyl (C=O) groups is 1. The van der Waals surface area contributed by atoms with Crippen LogP contribution in [0.2, 0.25) is 10.0 Å². The number of carbonyl (C=O) groups excluding carboxylic acids is 1. The topological polar surface area (TPSA) is 71.8 Å². The van der Waals surface area contributed by atoms with Crippen LogP contribution in [0.15, 0.2) is 18.5 Å². The van der Waals surface area contributed by atoms with Gasteiger partial charge in [-0.1, -0.05) is 23.2 Å². The molecule has 2 N–H and O–H groups in total. The molecular formula is C14H14Cl2F3N5O. The number of halogens is 5. The van der Waals surface area contributed by atoms with E-state index in [1.54, 1.807) is 14.0 Å². The molecule has 1 amide bonds. The van der Waals surface area contributed by atoms with Crippen LogP contribution in [0, 0.1) is 0 Å². The minimum atomic E-state index is -4.84. The van der Waals surface area contributed by atoms with Crippen molar-refractivity contribution in [1.82, 2.24) is 25.4 Å². The number of nitrogens with zero attached hydrogens (tertiary/aromatic N) is 3. The molecule has 11 heteroatoms. The van der Waals surface area contributed by atoms with Gasteiger partial charge in [-0.05, 0) is 20.0 Å². The molecule has 2 aromatic heterocycles. The zero-order valence-corrected chi connectivity index (χ0v) is 14.7. The van der Waals surface area contributed by atoms with Crippen LogP contribution in [0.3, 0.4) is 0 Å². The van der Waals surface area contributed by atoms with Crippen LogP contribution in [-0.2, 0) is 6.18 Å². The van der Waals surface area contributed by atoms with E-state index in [1.165, 1.54) is 6.07 Å². The van der Waals surface area contributed by atoms with Crippen molar-refractivity contribution in [3.63, 3.8) is 0 Å². The summed E-state index contributed by atoms with van der Waals surface area (Å²) in [5.41, 5.74) is -1.89. The van der Waals surface area contributed by atoms with Crippen molar-refractivity contribution in [2.45, 2.75) is 19.1 Å². The lowest BCUT2D eigenvalue weighted by Crippen LogP contribution is -2.37. The molecule has 2 aromatic rings. The molecule has 1 unspecified atom stereocenters. The molecule has 0 fully saturated rings. The van der Waals surface area contributed by atoms with E-state index in [2.05, 4.69) is 20.7 Å². The number of alkyl halides is 3. The number of hydrogen-bond acceptors (Lipinski definition) is 4. The van der Waals surface area contributed by atoms with E-state index in [4.69, 9.17) is 23.2 Å². The van der Waals surface area contributed by atoms with Gasteiger partial charge in [0.2, 0.25) is 0 Å². The van der Waals surface area contributed by atoms with Crippen LogP contribution < -0.4 is 10.6 Å². The lowest BCUT2D eigenvalue weighted by Gasteiger charge is -2.14. The molecule has 25 heavy (non-hydrogen) atoms. The van der Waals surface area contributed by atoms with E-state index in [0.29, 0.717) is 4.68 Å². The molecule has 2 rings (SSSR count). The highest BCUT2D eigenvalue weighted by molar-refractivity contribution is 6.35. The smallest absolute Gasteiger partial charge is 0.350 e. The Morgan fingerprint density at radius 3 is 2.60 bits per heavy atom. The minimum Gasteiger partial charge on any atom is -0.350 e. The Kier molecular flexibility index (Phi) is 5.91. The van der Waals surface area contributed by atoms with E-state index < -0.39 is 23.3 Å². The van der Waals surface area contributed by atoms with Gasteiger partial charge in [-0.15, -0.1) is 0 Å². The first kappa shape index (κ1) is 19.5. The third-order valence-corrected chi connectivity index (χ3v) is 3.82. The second kappa shape index (κ2) is 7.59. The van der Waals surface area contributed by atoms with Gasteiger partial charge in [-0.2, -0.15) is 18.3 Å². The summed E-state index contributed by atoms with van der Waals surface area (Å²) in [6, 6.07) is 1.13. The quantitative estimate of drug-likeness (QED) is 0.816. The average Bonchev–Trinajstić information content (AvgIpc) is 2.97. The number of rotatable bonds is 5. The minimum absolute atomic E-state index is 0.110. The summed E-state index contributed by atoms with van der Waals surface area (Å²) in [7, 11) is 1.67. The molecule has 6 nitrogen and oxygen atoms in total. The fraction of sp³-hybridized carbons (Fsp3) is 0.357. The molecule has 0 bridgehead atoms. The monoisotopic (exact) mass is 395 g/mol. The van der Waals surface area contributed by atoms with E-state index in [9.17, 15) is 18.0 Å². The van der Waals surface area contributed by atoms with Crippen LogP contribution in [0.4, 0.5) is 13.2 Å². The van der Waals surface area contributed by atoms with Crippen LogP contribution >= 0.6 is 23.2 Å². The van der Waals surface area contributed by atoms with Crippen molar-refractivity contribution in [2.75, 3.05) is 13.6 Å². The highest BCUT2D eigenvalue weighted by Gasteiger charge is 2.41. The van der Waals surface area contributed by atoms with E-state index >= 15 is 0 Å². The predicted molar refractivity (Wildman–Crippen MR) is 87.2 cm³/mol. The van der Waals surface area contributed by atoms with Crippen molar-refractivity contribution in [3.05, 3.63) is 39.8 Å². The first-order chi connectivity index (χ1) is 11.6. The molecule has 0 spiro atoms. The zero-order valence-electron chi connectivity index (χ0n) is 13.2. The molecule has 1 atom stereocenters. The van der Waals surface area contributed by atoms with Gasteiger partial charge < -0.3 is 10.6 Å². The zero-order chi connectivity index (χ0) is 18.8. The van der Waals surface area contributed by atoms with Gasteiger partial charge >= 0.3 is 6.18 Å². The number of hydrogen-bond donors (Lipinski definition) is 2. The SMILES string of the molecule is CNC(C)CNC(=O)c1cnn(-c2ncc(Cl)cc2Cl)c1C(F)(F)F. The fourth-order valence-corrected chi connectivity index (χ4v) is 2.41. The second-order valence-corrected chi connectivity index (χ2v) is 6.02. The Morgan fingerprint density at radius 1 is 1.36 bits per heavy atom. The first-order valence-corrected chi connectivity index (χ1v) is 7.82. The van der Waals surface area contributed by atoms with Crippen molar-refractivity contribution < 1.29 is 18.0 Å². The third-order valence-electron chi connectivity index (χ3n) is 3.33. The summed E-state index contributed by atoms with van der Waals surface area (Å²) in [4.78, 5) is 15.9. The predicted octanol–water partition coefficient (Wildman–Crippen LogP) is 2.93. The highest BCUT2D eigenvalue weighted by atomic mass is 35.5. The van der Waals surface area contributed by atoms with Gasteiger partial charge in [-0.3, -0.25) is 4.79 Å². The highest BCUT2D eigenvalue weighted by Crippen LogP contribution is 2.34. The normalized spacial score (nSPS) is 12.9. The number of likely N-dealkylation sites (N-methyl/N-ethyl adjacent to an activating group) is 1. The van der Waals surface area contributed by atoms with Crippen molar-refractivity contribution in [1.29, 1.82) is 0 Å². The first-order valence-electron chi connectivity index (χ1n) is 7.07. The number of aromatic nitrogens is 3. The Bertz CT molecular complexity index is 778. The van der Waals surface area contributed by atoms with E-state index in [0.717, 1.165) is 12.4 Å². The van der Waals surface area contributed by atoms with Crippen LogP contribution in [-0.4, -0.2) is 40.3 Å². The van der Waals surface area contributed by atoms with Gasteiger partial charge in [0.05, 0.1) is 21.8 Å². The van der Waals surface area contributed by atoms with Crippen molar-refractivity contribution in [3.8, 4) is 5.82 Å². The summed E-state index contributed by atoms with van der Waals surface area (Å²) in [6.45, 7) is 1.92. The lowest BCUT2D eigenvalue weighted by atomic mass is 10.2. The van der Waals surface area contributed by atoms with Crippen LogP contribution in [0.25, 0.3) is 5.82 Å². The molecule has 0 aliphatic heterocycles. The molecule has 2 heterocycles.